The third-order valence-electron chi connectivity index (χ3n) is 4.88. The van der Waals surface area contributed by atoms with E-state index in [1.165, 1.54) is 0 Å². The molecule has 3 rings (SSSR count). The molecule has 0 radical (unpaired) electrons. The van der Waals surface area contributed by atoms with E-state index in [-0.39, 0.29) is 11.9 Å². The van der Waals surface area contributed by atoms with Crippen LogP contribution in [0.1, 0.15) is 22.9 Å². The first-order valence-electron chi connectivity index (χ1n) is 8.81. The number of nitrogens with zero attached hydrogens (tertiary/aromatic N) is 3. The Bertz CT molecular complexity index is 689. The molecular weight excluding hydrogens is 314 g/mol. The monoisotopic (exact) mass is 341 g/mol. The Hall–Kier alpha value is -2.11. The normalized spacial score (nSPS) is 17.0. The summed E-state index contributed by atoms with van der Waals surface area (Å²) in [5, 5.41) is 0. The SMILES string of the molecule is Cc1ccccc1C(C(=O)N1CCN(Cc2ccco2)CC1)N(C)C. The molecule has 1 aliphatic rings. The zero-order chi connectivity index (χ0) is 17.8. The molecule has 1 atom stereocenters. The van der Waals surface area contributed by atoms with Gasteiger partial charge in [-0.3, -0.25) is 14.6 Å². The number of piperazine rings is 1. The summed E-state index contributed by atoms with van der Waals surface area (Å²) < 4.78 is 5.42. The molecular formula is C20H27N3O2. The smallest absolute Gasteiger partial charge is 0.244 e. The number of hydrogen-bond acceptors (Lipinski definition) is 4. The lowest BCUT2D eigenvalue weighted by Gasteiger charge is -2.37. The van der Waals surface area contributed by atoms with Gasteiger partial charge >= 0.3 is 0 Å². The molecule has 1 aromatic carbocycles. The Labute approximate surface area is 149 Å². The third-order valence-corrected chi connectivity index (χ3v) is 4.88. The van der Waals surface area contributed by atoms with Crippen LogP contribution in [0, 0.1) is 6.92 Å². The molecule has 1 aliphatic heterocycles. The molecule has 2 heterocycles. The first-order chi connectivity index (χ1) is 12.1. The molecule has 5 nitrogen and oxygen atoms in total. The fourth-order valence-corrected chi connectivity index (χ4v) is 3.45. The minimum absolute atomic E-state index is 0.192. The third kappa shape index (κ3) is 4.11. The maximum absolute atomic E-state index is 13.2. The number of likely N-dealkylation sites (N-methyl/N-ethyl adjacent to an activating group) is 1. The summed E-state index contributed by atoms with van der Waals surface area (Å²) in [6.45, 7) is 6.15. The predicted molar refractivity (Wildman–Crippen MR) is 98.2 cm³/mol. The fraction of sp³-hybridized carbons (Fsp3) is 0.450. The topological polar surface area (TPSA) is 39.9 Å². The van der Waals surface area contributed by atoms with Crippen LogP contribution in [0.2, 0.25) is 0 Å². The van der Waals surface area contributed by atoms with Crippen molar-refractivity contribution in [3.05, 3.63) is 59.5 Å². The van der Waals surface area contributed by atoms with Crippen LogP contribution in [-0.2, 0) is 11.3 Å². The van der Waals surface area contributed by atoms with Gasteiger partial charge < -0.3 is 9.32 Å². The molecule has 2 aromatic rings. The largest absolute Gasteiger partial charge is 0.468 e. The average Bonchev–Trinajstić information content (AvgIpc) is 3.10. The summed E-state index contributed by atoms with van der Waals surface area (Å²) in [7, 11) is 3.95. The van der Waals surface area contributed by atoms with Gasteiger partial charge in [0.05, 0.1) is 12.8 Å². The number of furan rings is 1. The van der Waals surface area contributed by atoms with Crippen molar-refractivity contribution >= 4 is 5.91 Å². The van der Waals surface area contributed by atoms with Crippen LogP contribution in [0.5, 0.6) is 0 Å². The predicted octanol–water partition coefficient (Wildman–Crippen LogP) is 2.54. The van der Waals surface area contributed by atoms with Gasteiger partial charge in [-0.25, -0.2) is 0 Å². The number of carbonyl (C=O) groups is 1. The van der Waals surface area contributed by atoms with Crippen LogP contribution in [0.15, 0.2) is 47.1 Å². The number of aryl methyl sites for hydroxylation is 1. The Morgan fingerprint density at radius 2 is 1.84 bits per heavy atom. The van der Waals surface area contributed by atoms with Gasteiger partial charge in [-0.05, 0) is 44.3 Å². The molecule has 134 valence electrons. The lowest BCUT2D eigenvalue weighted by Crippen LogP contribution is -2.51. The van der Waals surface area contributed by atoms with E-state index >= 15 is 0 Å². The average molecular weight is 341 g/mol. The zero-order valence-corrected chi connectivity index (χ0v) is 15.3. The van der Waals surface area contributed by atoms with Crippen molar-refractivity contribution in [1.29, 1.82) is 0 Å². The number of amides is 1. The molecule has 0 saturated carbocycles. The second-order valence-corrected chi connectivity index (χ2v) is 6.90. The van der Waals surface area contributed by atoms with E-state index in [9.17, 15) is 4.79 Å². The van der Waals surface area contributed by atoms with Gasteiger partial charge in [0.1, 0.15) is 11.8 Å². The number of rotatable bonds is 5. The van der Waals surface area contributed by atoms with Crippen LogP contribution < -0.4 is 0 Å². The first-order valence-corrected chi connectivity index (χ1v) is 8.81. The second kappa shape index (κ2) is 7.85. The van der Waals surface area contributed by atoms with Crippen LogP contribution in [0.3, 0.4) is 0 Å². The fourth-order valence-electron chi connectivity index (χ4n) is 3.45. The van der Waals surface area contributed by atoms with Crippen molar-refractivity contribution in [1.82, 2.24) is 14.7 Å². The first kappa shape index (κ1) is 17.7. The lowest BCUT2D eigenvalue weighted by molar-refractivity contribution is -0.138. The quantitative estimate of drug-likeness (QED) is 0.838. The van der Waals surface area contributed by atoms with Gasteiger partial charge in [-0.1, -0.05) is 24.3 Å². The van der Waals surface area contributed by atoms with Crippen molar-refractivity contribution < 1.29 is 9.21 Å². The van der Waals surface area contributed by atoms with Gasteiger partial charge in [0.25, 0.3) is 0 Å². The van der Waals surface area contributed by atoms with Crippen molar-refractivity contribution in [3.63, 3.8) is 0 Å². The van der Waals surface area contributed by atoms with Gasteiger partial charge in [0.2, 0.25) is 5.91 Å². The Balaban J connectivity index is 1.65. The molecule has 0 spiro atoms. The van der Waals surface area contributed by atoms with E-state index in [1.54, 1.807) is 6.26 Å². The maximum Gasteiger partial charge on any atom is 0.244 e. The summed E-state index contributed by atoms with van der Waals surface area (Å²) in [6, 6.07) is 11.8. The molecule has 1 aromatic heterocycles. The molecule has 25 heavy (non-hydrogen) atoms. The second-order valence-electron chi connectivity index (χ2n) is 6.90. The molecule has 5 heteroatoms. The van der Waals surface area contributed by atoms with Crippen LogP contribution in [0.25, 0.3) is 0 Å². The summed E-state index contributed by atoms with van der Waals surface area (Å²) in [4.78, 5) is 19.5. The molecule has 1 saturated heterocycles. The maximum atomic E-state index is 13.2. The minimum atomic E-state index is -0.224. The summed E-state index contributed by atoms with van der Waals surface area (Å²) >= 11 is 0. The van der Waals surface area contributed by atoms with E-state index in [1.807, 2.05) is 48.2 Å². The highest BCUT2D eigenvalue weighted by molar-refractivity contribution is 5.83. The van der Waals surface area contributed by atoms with E-state index in [0.29, 0.717) is 0 Å². The Morgan fingerprint density at radius 1 is 1.12 bits per heavy atom. The van der Waals surface area contributed by atoms with Crippen molar-refractivity contribution in [2.45, 2.75) is 19.5 Å². The van der Waals surface area contributed by atoms with Crippen molar-refractivity contribution in [3.8, 4) is 0 Å². The zero-order valence-electron chi connectivity index (χ0n) is 15.3. The van der Waals surface area contributed by atoms with Crippen LogP contribution >= 0.6 is 0 Å². The van der Waals surface area contributed by atoms with Crippen molar-refractivity contribution in [2.24, 2.45) is 0 Å². The highest BCUT2D eigenvalue weighted by Crippen LogP contribution is 2.24. The van der Waals surface area contributed by atoms with Crippen LogP contribution in [-0.4, -0.2) is 60.9 Å². The standard InChI is InChI=1S/C20H27N3O2/c1-16-7-4-5-9-18(16)19(21(2)3)20(24)23-12-10-22(11-13-23)15-17-8-6-14-25-17/h4-9,14,19H,10-13,15H2,1-3H3. The lowest BCUT2D eigenvalue weighted by atomic mass is 9.99. The number of benzene rings is 1. The molecule has 0 aliphatic carbocycles. The summed E-state index contributed by atoms with van der Waals surface area (Å²) in [5.41, 5.74) is 2.25. The molecule has 0 N–H and O–H groups in total. The van der Waals surface area contributed by atoms with Crippen LogP contribution in [0.4, 0.5) is 0 Å². The van der Waals surface area contributed by atoms with E-state index < -0.39 is 0 Å². The van der Waals surface area contributed by atoms with Gasteiger partial charge in [-0.2, -0.15) is 0 Å². The summed E-state index contributed by atoms with van der Waals surface area (Å²) in [5.74, 6) is 1.17. The number of hydrogen-bond donors (Lipinski definition) is 0. The van der Waals surface area contributed by atoms with E-state index in [4.69, 9.17) is 4.42 Å². The Morgan fingerprint density at radius 3 is 2.44 bits per heavy atom. The number of carbonyl (C=O) groups excluding carboxylic acids is 1. The highest BCUT2D eigenvalue weighted by Gasteiger charge is 2.30. The Kier molecular flexibility index (Phi) is 5.56. The molecule has 0 bridgehead atoms. The highest BCUT2D eigenvalue weighted by atomic mass is 16.3. The molecule has 1 unspecified atom stereocenters. The van der Waals surface area contributed by atoms with Gasteiger partial charge in [-0.15, -0.1) is 0 Å². The van der Waals surface area contributed by atoms with Gasteiger partial charge in [0, 0.05) is 26.2 Å². The van der Waals surface area contributed by atoms with E-state index in [0.717, 1.165) is 49.6 Å². The van der Waals surface area contributed by atoms with Gasteiger partial charge in [0.15, 0.2) is 0 Å². The molecule has 1 fully saturated rings. The summed E-state index contributed by atoms with van der Waals surface area (Å²) in [6.07, 6.45) is 1.71. The van der Waals surface area contributed by atoms with E-state index in [2.05, 4.69) is 24.0 Å². The molecule has 1 amide bonds. The minimum Gasteiger partial charge on any atom is -0.468 e. The van der Waals surface area contributed by atoms with Crippen molar-refractivity contribution in [2.75, 3.05) is 40.3 Å².